The molecule has 0 aliphatic carbocycles. The Morgan fingerprint density at radius 2 is 1.59 bits per heavy atom. The molecule has 0 aromatic heterocycles. The first-order valence-corrected chi connectivity index (χ1v) is 10.9. The number of anilines is 1. The fourth-order valence-corrected chi connectivity index (χ4v) is 3.99. The number of hydrogen-bond acceptors (Lipinski definition) is 5. The number of nitrogens with zero attached hydrogens (tertiary/aromatic N) is 1. The number of carbonyl (C=O) groups is 1. The van der Waals surface area contributed by atoms with E-state index in [1.807, 2.05) is 39.0 Å². The molecule has 0 aliphatic rings. The monoisotopic (exact) mass is 420 g/mol. The SMILES string of the molecule is CCOc1ccc(S(=O)(=O)N(C)CC(=O)Nc2c(C)cccc2C)cc1OCC. The number of nitrogens with one attached hydrogen (secondary N) is 1. The highest BCUT2D eigenvalue weighted by atomic mass is 32.2. The third-order valence-corrected chi connectivity index (χ3v) is 6.13. The molecule has 0 saturated carbocycles. The smallest absolute Gasteiger partial charge is 0.243 e. The van der Waals surface area contributed by atoms with Crippen LogP contribution in [0.3, 0.4) is 0 Å². The Bertz CT molecular complexity index is 953. The molecule has 2 rings (SSSR count). The highest BCUT2D eigenvalue weighted by Gasteiger charge is 2.25. The van der Waals surface area contributed by atoms with Crippen molar-refractivity contribution in [1.29, 1.82) is 0 Å². The standard InChI is InChI=1S/C21H28N2O5S/c1-6-27-18-12-11-17(13-19(18)28-7-2)29(25,26)23(5)14-20(24)22-21-15(3)9-8-10-16(21)4/h8-13H,6-7,14H2,1-5H3,(H,22,24). The Morgan fingerprint density at radius 1 is 1.00 bits per heavy atom. The van der Waals surface area contributed by atoms with Gasteiger partial charge in [-0.25, -0.2) is 8.42 Å². The summed E-state index contributed by atoms with van der Waals surface area (Å²) in [5.74, 6) is 0.414. The minimum absolute atomic E-state index is 0.0341. The molecule has 0 aliphatic heterocycles. The fraction of sp³-hybridized carbons (Fsp3) is 0.381. The van der Waals surface area contributed by atoms with Crippen LogP contribution in [0, 0.1) is 13.8 Å². The lowest BCUT2D eigenvalue weighted by Crippen LogP contribution is -2.35. The van der Waals surface area contributed by atoms with Crippen LogP contribution >= 0.6 is 0 Å². The van der Waals surface area contributed by atoms with Crippen LogP contribution in [0.15, 0.2) is 41.3 Å². The van der Waals surface area contributed by atoms with E-state index in [4.69, 9.17) is 9.47 Å². The molecule has 0 unspecified atom stereocenters. The molecular weight excluding hydrogens is 392 g/mol. The van der Waals surface area contributed by atoms with Crippen LogP contribution in [0.4, 0.5) is 5.69 Å². The molecule has 0 saturated heterocycles. The largest absolute Gasteiger partial charge is 0.490 e. The van der Waals surface area contributed by atoms with Gasteiger partial charge in [-0.05, 0) is 51.0 Å². The van der Waals surface area contributed by atoms with Gasteiger partial charge in [-0.1, -0.05) is 18.2 Å². The molecule has 0 radical (unpaired) electrons. The Kier molecular flexibility index (Phi) is 7.64. The molecule has 0 bridgehead atoms. The van der Waals surface area contributed by atoms with Crippen molar-refractivity contribution < 1.29 is 22.7 Å². The molecule has 1 amide bonds. The minimum atomic E-state index is -3.88. The van der Waals surface area contributed by atoms with Gasteiger partial charge in [0.15, 0.2) is 11.5 Å². The van der Waals surface area contributed by atoms with Crippen LogP contribution < -0.4 is 14.8 Å². The number of amides is 1. The van der Waals surface area contributed by atoms with E-state index >= 15 is 0 Å². The molecule has 1 N–H and O–H groups in total. The average Bonchev–Trinajstić information content (AvgIpc) is 2.66. The molecule has 2 aromatic rings. The lowest BCUT2D eigenvalue weighted by atomic mass is 10.1. The van der Waals surface area contributed by atoms with Gasteiger partial charge in [-0.15, -0.1) is 0 Å². The normalized spacial score (nSPS) is 11.4. The summed E-state index contributed by atoms with van der Waals surface area (Å²) in [5.41, 5.74) is 2.52. The Balaban J connectivity index is 2.20. The van der Waals surface area contributed by atoms with E-state index in [-0.39, 0.29) is 11.4 Å². The van der Waals surface area contributed by atoms with Crippen LogP contribution in [0.1, 0.15) is 25.0 Å². The van der Waals surface area contributed by atoms with E-state index in [0.717, 1.165) is 15.4 Å². The van der Waals surface area contributed by atoms with Crippen LogP contribution in [-0.2, 0) is 14.8 Å². The van der Waals surface area contributed by atoms with Gasteiger partial charge in [0.2, 0.25) is 15.9 Å². The topological polar surface area (TPSA) is 84.9 Å². The summed E-state index contributed by atoms with van der Waals surface area (Å²) in [7, 11) is -2.51. The summed E-state index contributed by atoms with van der Waals surface area (Å²) in [4.78, 5) is 12.5. The molecule has 0 atom stereocenters. The Hall–Kier alpha value is -2.58. The number of hydrogen-bond donors (Lipinski definition) is 1. The lowest BCUT2D eigenvalue weighted by Gasteiger charge is -2.19. The average molecular weight is 421 g/mol. The van der Waals surface area contributed by atoms with Gasteiger partial charge in [-0.3, -0.25) is 4.79 Å². The second kappa shape index (κ2) is 9.76. The molecule has 0 heterocycles. The predicted octanol–water partition coefficient (Wildman–Crippen LogP) is 3.36. The number of rotatable bonds is 9. The first kappa shape index (κ1) is 22.7. The molecule has 2 aromatic carbocycles. The van der Waals surface area contributed by atoms with Crippen LogP contribution in [0.25, 0.3) is 0 Å². The fourth-order valence-electron chi connectivity index (χ4n) is 2.85. The van der Waals surface area contributed by atoms with Crippen molar-refractivity contribution >= 4 is 21.6 Å². The van der Waals surface area contributed by atoms with E-state index in [1.165, 1.54) is 19.2 Å². The van der Waals surface area contributed by atoms with Gasteiger partial charge in [-0.2, -0.15) is 4.31 Å². The summed E-state index contributed by atoms with van der Waals surface area (Å²) in [6, 6.07) is 10.1. The van der Waals surface area contributed by atoms with Crippen molar-refractivity contribution in [2.75, 3.05) is 32.1 Å². The van der Waals surface area contributed by atoms with Crippen molar-refractivity contribution in [2.24, 2.45) is 0 Å². The maximum Gasteiger partial charge on any atom is 0.243 e. The number of likely N-dealkylation sites (N-methyl/N-ethyl adjacent to an activating group) is 1. The van der Waals surface area contributed by atoms with E-state index < -0.39 is 15.9 Å². The number of sulfonamides is 1. The molecule has 8 heteroatoms. The first-order valence-electron chi connectivity index (χ1n) is 9.42. The summed E-state index contributed by atoms with van der Waals surface area (Å²) < 4.78 is 37.9. The molecule has 29 heavy (non-hydrogen) atoms. The lowest BCUT2D eigenvalue weighted by molar-refractivity contribution is -0.116. The summed E-state index contributed by atoms with van der Waals surface area (Å²) in [6.45, 7) is 7.91. The van der Waals surface area contributed by atoms with E-state index in [9.17, 15) is 13.2 Å². The van der Waals surface area contributed by atoms with Gasteiger partial charge in [0.05, 0.1) is 24.7 Å². The maximum atomic E-state index is 12.9. The Morgan fingerprint density at radius 3 is 2.17 bits per heavy atom. The third-order valence-electron chi connectivity index (χ3n) is 4.33. The van der Waals surface area contributed by atoms with Gasteiger partial charge in [0.25, 0.3) is 0 Å². The van der Waals surface area contributed by atoms with Gasteiger partial charge in [0.1, 0.15) is 0 Å². The highest BCUT2D eigenvalue weighted by molar-refractivity contribution is 7.89. The van der Waals surface area contributed by atoms with Gasteiger partial charge < -0.3 is 14.8 Å². The Labute approximate surface area is 172 Å². The van der Waals surface area contributed by atoms with Crippen molar-refractivity contribution in [1.82, 2.24) is 4.31 Å². The van der Waals surface area contributed by atoms with Crippen molar-refractivity contribution in [3.8, 4) is 11.5 Å². The number of ether oxygens (including phenoxy) is 2. The van der Waals surface area contributed by atoms with Crippen molar-refractivity contribution in [3.63, 3.8) is 0 Å². The van der Waals surface area contributed by atoms with Gasteiger partial charge >= 0.3 is 0 Å². The zero-order valence-corrected chi connectivity index (χ0v) is 18.3. The highest BCUT2D eigenvalue weighted by Crippen LogP contribution is 2.31. The van der Waals surface area contributed by atoms with Crippen molar-refractivity contribution in [2.45, 2.75) is 32.6 Å². The van der Waals surface area contributed by atoms with Crippen LogP contribution in [0.2, 0.25) is 0 Å². The van der Waals surface area contributed by atoms with E-state index in [2.05, 4.69) is 5.32 Å². The zero-order chi connectivity index (χ0) is 21.6. The number of benzene rings is 2. The van der Waals surface area contributed by atoms with Gasteiger partial charge in [0, 0.05) is 18.8 Å². The number of para-hydroxylation sites is 1. The first-order chi connectivity index (χ1) is 13.7. The van der Waals surface area contributed by atoms with Crippen molar-refractivity contribution in [3.05, 3.63) is 47.5 Å². The molecular formula is C21H28N2O5S. The van der Waals surface area contributed by atoms with E-state index in [1.54, 1.807) is 13.0 Å². The number of carbonyl (C=O) groups excluding carboxylic acids is 1. The third kappa shape index (κ3) is 5.48. The van der Waals surface area contributed by atoms with E-state index in [0.29, 0.717) is 30.4 Å². The summed E-state index contributed by atoms with van der Waals surface area (Å²) >= 11 is 0. The molecule has 0 fully saturated rings. The van der Waals surface area contributed by atoms with Crippen LogP contribution in [-0.4, -0.2) is 45.4 Å². The zero-order valence-electron chi connectivity index (χ0n) is 17.5. The second-order valence-corrected chi connectivity index (χ2v) is 8.60. The molecule has 158 valence electrons. The predicted molar refractivity (Wildman–Crippen MR) is 113 cm³/mol. The quantitative estimate of drug-likeness (QED) is 0.672. The summed E-state index contributed by atoms with van der Waals surface area (Å²) in [5, 5.41) is 2.80. The number of aryl methyl sites for hydroxylation is 2. The molecule has 0 spiro atoms. The minimum Gasteiger partial charge on any atom is -0.490 e. The maximum absolute atomic E-state index is 12.9. The summed E-state index contributed by atoms with van der Waals surface area (Å²) in [6.07, 6.45) is 0. The molecule has 7 nitrogen and oxygen atoms in total. The second-order valence-electron chi connectivity index (χ2n) is 6.55. The van der Waals surface area contributed by atoms with Crippen LogP contribution in [0.5, 0.6) is 11.5 Å².